The number of anilines is 1. The lowest BCUT2D eigenvalue weighted by Gasteiger charge is -2.47. The molecule has 1 aromatic rings. The molecule has 1 aromatic carbocycles. The van der Waals surface area contributed by atoms with E-state index in [1.165, 1.54) is 6.07 Å². The van der Waals surface area contributed by atoms with Gasteiger partial charge in [0.15, 0.2) is 0 Å². The monoisotopic (exact) mass is 236 g/mol. The van der Waals surface area contributed by atoms with Crippen LogP contribution in [0.5, 0.6) is 0 Å². The first kappa shape index (κ1) is 12.4. The first-order chi connectivity index (χ1) is 8.03. The van der Waals surface area contributed by atoms with Crippen molar-refractivity contribution < 1.29 is 4.39 Å². The van der Waals surface area contributed by atoms with Crippen LogP contribution in [0, 0.1) is 11.7 Å². The first-order valence-corrected chi connectivity index (χ1v) is 6.26. The highest BCUT2D eigenvalue weighted by Crippen LogP contribution is 2.34. The van der Waals surface area contributed by atoms with Crippen LogP contribution in [0.1, 0.15) is 26.7 Å². The Kier molecular flexibility index (Phi) is 3.38. The van der Waals surface area contributed by atoms with Crippen molar-refractivity contribution in [1.82, 2.24) is 0 Å². The molecule has 2 nitrogen and oxygen atoms in total. The second-order valence-electron chi connectivity index (χ2n) is 5.54. The Balaban J connectivity index is 2.27. The number of hydrogen-bond donors (Lipinski definition) is 1. The van der Waals surface area contributed by atoms with E-state index in [1.807, 2.05) is 6.07 Å². The maximum absolute atomic E-state index is 13.3. The number of benzene rings is 1. The minimum absolute atomic E-state index is 0.0828. The molecule has 0 aliphatic carbocycles. The molecule has 1 unspecified atom stereocenters. The van der Waals surface area contributed by atoms with Crippen molar-refractivity contribution in [1.29, 1.82) is 0 Å². The van der Waals surface area contributed by atoms with Crippen molar-refractivity contribution in [3.05, 3.63) is 30.1 Å². The molecule has 1 fully saturated rings. The fourth-order valence-electron chi connectivity index (χ4n) is 2.58. The van der Waals surface area contributed by atoms with E-state index in [0.717, 1.165) is 25.1 Å². The summed E-state index contributed by atoms with van der Waals surface area (Å²) in [7, 11) is 0. The molecule has 0 saturated carbocycles. The highest BCUT2D eigenvalue weighted by molar-refractivity contribution is 5.49. The van der Waals surface area contributed by atoms with Crippen molar-refractivity contribution >= 4 is 5.69 Å². The van der Waals surface area contributed by atoms with Gasteiger partial charge >= 0.3 is 0 Å². The third kappa shape index (κ3) is 2.60. The van der Waals surface area contributed by atoms with Gasteiger partial charge in [0.2, 0.25) is 0 Å². The van der Waals surface area contributed by atoms with Gasteiger partial charge in [-0.2, -0.15) is 0 Å². The summed E-state index contributed by atoms with van der Waals surface area (Å²) in [5.41, 5.74) is 6.81. The average Bonchev–Trinajstić information content (AvgIpc) is 2.29. The molecule has 1 saturated heterocycles. The number of rotatable bonds is 2. The predicted molar refractivity (Wildman–Crippen MR) is 69.6 cm³/mol. The lowest BCUT2D eigenvalue weighted by molar-refractivity contribution is 0.294. The first-order valence-electron chi connectivity index (χ1n) is 6.26. The highest BCUT2D eigenvalue weighted by Gasteiger charge is 2.33. The van der Waals surface area contributed by atoms with E-state index in [-0.39, 0.29) is 11.4 Å². The lowest BCUT2D eigenvalue weighted by atomic mass is 9.84. The molecule has 2 rings (SSSR count). The average molecular weight is 236 g/mol. The van der Waals surface area contributed by atoms with Crippen LogP contribution >= 0.6 is 0 Å². The molecule has 3 heteroatoms. The van der Waals surface area contributed by atoms with Crippen LogP contribution < -0.4 is 10.6 Å². The summed E-state index contributed by atoms with van der Waals surface area (Å²) in [5, 5.41) is 0. The minimum atomic E-state index is -0.173. The van der Waals surface area contributed by atoms with Crippen molar-refractivity contribution in [3.63, 3.8) is 0 Å². The summed E-state index contributed by atoms with van der Waals surface area (Å²) in [6, 6.07) is 6.85. The number of piperidine rings is 1. The van der Waals surface area contributed by atoms with Crippen LogP contribution in [0.15, 0.2) is 24.3 Å². The van der Waals surface area contributed by atoms with E-state index >= 15 is 0 Å². The van der Waals surface area contributed by atoms with Gasteiger partial charge in [0.1, 0.15) is 5.82 Å². The van der Waals surface area contributed by atoms with Crippen LogP contribution in [0.2, 0.25) is 0 Å². The molecule has 17 heavy (non-hydrogen) atoms. The maximum atomic E-state index is 13.3. The predicted octanol–water partition coefficient (Wildman–Crippen LogP) is 2.78. The fourth-order valence-corrected chi connectivity index (χ4v) is 2.58. The van der Waals surface area contributed by atoms with Gasteiger partial charge in [0.05, 0.1) is 0 Å². The van der Waals surface area contributed by atoms with E-state index < -0.39 is 0 Å². The van der Waals surface area contributed by atoms with E-state index in [9.17, 15) is 4.39 Å². The topological polar surface area (TPSA) is 29.3 Å². The largest absolute Gasteiger partial charge is 0.366 e. The second-order valence-corrected chi connectivity index (χ2v) is 5.54. The molecule has 2 N–H and O–H groups in total. The molecular formula is C14H21FN2. The molecule has 0 spiro atoms. The van der Waals surface area contributed by atoms with Gasteiger partial charge in [0, 0.05) is 17.8 Å². The van der Waals surface area contributed by atoms with Crippen LogP contribution in [-0.2, 0) is 0 Å². The van der Waals surface area contributed by atoms with Gasteiger partial charge in [-0.05, 0) is 57.4 Å². The quantitative estimate of drug-likeness (QED) is 0.855. The number of nitrogens with zero attached hydrogens (tertiary/aromatic N) is 1. The Bertz CT molecular complexity index is 390. The molecule has 0 radical (unpaired) electrons. The molecule has 0 bridgehead atoms. The molecule has 1 atom stereocenters. The van der Waals surface area contributed by atoms with Crippen molar-refractivity contribution in [3.8, 4) is 0 Å². The maximum Gasteiger partial charge on any atom is 0.125 e. The number of nitrogens with two attached hydrogens (primary N) is 1. The standard InChI is InChI=1S/C14H21FN2/c1-14(2)7-6-11(9-16)10-17(14)13-5-3-4-12(15)8-13/h3-5,8,11H,6-7,9-10,16H2,1-2H3. The number of halogens is 1. The summed E-state index contributed by atoms with van der Waals surface area (Å²) in [5.74, 6) is 0.347. The van der Waals surface area contributed by atoms with Gasteiger partial charge < -0.3 is 10.6 Å². The summed E-state index contributed by atoms with van der Waals surface area (Å²) in [6.07, 6.45) is 2.26. The normalized spacial score (nSPS) is 23.8. The summed E-state index contributed by atoms with van der Waals surface area (Å²) in [6.45, 7) is 6.06. The third-order valence-corrected chi connectivity index (χ3v) is 3.79. The van der Waals surface area contributed by atoms with Gasteiger partial charge in [-0.3, -0.25) is 0 Å². The number of hydrogen-bond acceptors (Lipinski definition) is 2. The van der Waals surface area contributed by atoms with Crippen LogP contribution in [0.3, 0.4) is 0 Å². The Morgan fingerprint density at radius 2 is 2.24 bits per heavy atom. The van der Waals surface area contributed by atoms with Crippen LogP contribution in [-0.4, -0.2) is 18.6 Å². The van der Waals surface area contributed by atoms with Gasteiger partial charge in [0.25, 0.3) is 0 Å². The SMILES string of the molecule is CC1(C)CCC(CN)CN1c1cccc(F)c1. The Hall–Kier alpha value is -1.09. The van der Waals surface area contributed by atoms with Gasteiger partial charge in [-0.1, -0.05) is 6.07 Å². The van der Waals surface area contributed by atoms with E-state index in [4.69, 9.17) is 5.73 Å². The van der Waals surface area contributed by atoms with Gasteiger partial charge in [-0.25, -0.2) is 4.39 Å². The van der Waals surface area contributed by atoms with Crippen LogP contribution in [0.4, 0.5) is 10.1 Å². The molecule has 0 amide bonds. The van der Waals surface area contributed by atoms with Gasteiger partial charge in [-0.15, -0.1) is 0 Å². The summed E-state index contributed by atoms with van der Waals surface area (Å²) in [4.78, 5) is 2.29. The highest BCUT2D eigenvalue weighted by atomic mass is 19.1. The minimum Gasteiger partial charge on any atom is -0.366 e. The summed E-state index contributed by atoms with van der Waals surface area (Å²) < 4.78 is 13.3. The molecular weight excluding hydrogens is 215 g/mol. The fraction of sp³-hybridized carbons (Fsp3) is 0.571. The van der Waals surface area contributed by atoms with Crippen LogP contribution in [0.25, 0.3) is 0 Å². The Labute approximate surface area is 103 Å². The summed E-state index contributed by atoms with van der Waals surface area (Å²) >= 11 is 0. The molecule has 1 aliphatic heterocycles. The van der Waals surface area contributed by atoms with Crippen molar-refractivity contribution in [2.75, 3.05) is 18.0 Å². The van der Waals surface area contributed by atoms with Crippen molar-refractivity contribution in [2.45, 2.75) is 32.2 Å². The molecule has 1 heterocycles. The van der Waals surface area contributed by atoms with E-state index in [1.54, 1.807) is 12.1 Å². The smallest absolute Gasteiger partial charge is 0.125 e. The van der Waals surface area contributed by atoms with E-state index in [2.05, 4.69) is 18.7 Å². The third-order valence-electron chi connectivity index (χ3n) is 3.79. The molecule has 0 aromatic heterocycles. The Morgan fingerprint density at radius 1 is 1.47 bits per heavy atom. The van der Waals surface area contributed by atoms with E-state index in [0.29, 0.717) is 12.5 Å². The lowest BCUT2D eigenvalue weighted by Crippen LogP contribution is -2.51. The Morgan fingerprint density at radius 3 is 2.88 bits per heavy atom. The zero-order valence-corrected chi connectivity index (χ0v) is 10.6. The molecule has 94 valence electrons. The zero-order valence-electron chi connectivity index (χ0n) is 10.6. The molecule has 1 aliphatic rings. The zero-order chi connectivity index (χ0) is 12.5. The van der Waals surface area contributed by atoms with Crippen molar-refractivity contribution in [2.24, 2.45) is 11.7 Å². The second kappa shape index (κ2) is 4.65.